The summed E-state index contributed by atoms with van der Waals surface area (Å²) in [6.45, 7) is 0.906. The molecule has 1 aliphatic heterocycles. The molecular formula is C8H14N2O2S. The summed E-state index contributed by atoms with van der Waals surface area (Å²) in [6.07, 6.45) is 3.19. The topological polar surface area (TPSA) is 58.5 Å². The maximum absolute atomic E-state index is 11.0. The van der Waals surface area contributed by atoms with E-state index in [4.69, 9.17) is 0 Å². The van der Waals surface area contributed by atoms with Crippen LogP contribution in [0.2, 0.25) is 0 Å². The van der Waals surface area contributed by atoms with Crippen LogP contribution in [0.25, 0.3) is 0 Å². The van der Waals surface area contributed by atoms with Gasteiger partial charge in [0.25, 0.3) is 0 Å². The Hall–Kier alpha value is -0.580. The highest BCUT2D eigenvalue weighted by Gasteiger charge is 2.24. The lowest BCUT2D eigenvalue weighted by Gasteiger charge is -1.98. The van der Waals surface area contributed by atoms with Crippen LogP contribution in [0.5, 0.6) is 0 Å². The van der Waals surface area contributed by atoms with Crippen molar-refractivity contribution in [3.63, 3.8) is 0 Å². The molecule has 0 aromatic carbocycles. The molecule has 2 rings (SSSR count). The molecule has 0 radical (unpaired) electrons. The van der Waals surface area contributed by atoms with Crippen molar-refractivity contribution in [2.75, 3.05) is 18.1 Å². The van der Waals surface area contributed by atoms with Crippen molar-refractivity contribution in [1.29, 1.82) is 0 Å². The van der Waals surface area contributed by atoms with Gasteiger partial charge in [-0.15, -0.1) is 0 Å². The molecule has 74 valence electrons. The van der Waals surface area contributed by atoms with Gasteiger partial charge in [0.05, 0.1) is 17.2 Å². The van der Waals surface area contributed by atoms with Gasteiger partial charge in [-0.2, -0.15) is 5.10 Å². The standard InChI is InChI=1S/C8H14N2O2S/c11-13(12)4-3-8(6-13)10-9-5-7-1-2-7/h7,9H,1-6H2/b10-8-. The summed E-state index contributed by atoms with van der Waals surface area (Å²) in [4.78, 5) is 0. The Morgan fingerprint density at radius 2 is 2.23 bits per heavy atom. The highest BCUT2D eigenvalue weighted by molar-refractivity contribution is 7.92. The summed E-state index contributed by atoms with van der Waals surface area (Å²) in [7, 11) is -2.80. The van der Waals surface area contributed by atoms with Crippen molar-refractivity contribution in [2.45, 2.75) is 19.3 Å². The summed E-state index contributed by atoms with van der Waals surface area (Å²) < 4.78 is 22.1. The summed E-state index contributed by atoms with van der Waals surface area (Å²) >= 11 is 0. The molecule has 0 bridgehead atoms. The SMILES string of the molecule is O=S1(=O)CC/C(=N/NCC2CC2)C1. The van der Waals surface area contributed by atoms with Gasteiger partial charge in [-0.25, -0.2) is 8.42 Å². The molecule has 2 fully saturated rings. The molecular weight excluding hydrogens is 188 g/mol. The van der Waals surface area contributed by atoms with Crippen molar-refractivity contribution >= 4 is 15.5 Å². The van der Waals surface area contributed by atoms with Crippen LogP contribution >= 0.6 is 0 Å². The summed E-state index contributed by atoms with van der Waals surface area (Å²) in [5.74, 6) is 1.21. The predicted octanol–water partition coefficient (Wildman–Crippen LogP) is 0.161. The lowest BCUT2D eigenvalue weighted by Crippen LogP contribution is -2.14. The highest BCUT2D eigenvalue weighted by atomic mass is 32.2. The van der Waals surface area contributed by atoms with E-state index in [9.17, 15) is 8.42 Å². The lowest BCUT2D eigenvalue weighted by atomic mass is 10.3. The zero-order valence-electron chi connectivity index (χ0n) is 7.49. The lowest BCUT2D eigenvalue weighted by molar-refractivity contribution is 0.603. The Morgan fingerprint density at radius 1 is 1.46 bits per heavy atom. The second kappa shape index (κ2) is 3.29. The zero-order chi connectivity index (χ0) is 9.31. The van der Waals surface area contributed by atoms with Crippen LogP contribution in [0, 0.1) is 5.92 Å². The molecule has 0 aromatic rings. The number of rotatable bonds is 3. The monoisotopic (exact) mass is 202 g/mol. The quantitative estimate of drug-likeness (QED) is 0.663. The van der Waals surface area contributed by atoms with Crippen LogP contribution in [0.4, 0.5) is 0 Å². The van der Waals surface area contributed by atoms with Crippen LogP contribution < -0.4 is 5.43 Å². The number of hydrogen-bond acceptors (Lipinski definition) is 4. The molecule has 0 aromatic heterocycles. The minimum absolute atomic E-state index is 0.157. The van der Waals surface area contributed by atoms with Crippen LogP contribution in [0.1, 0.15) is 19.3 Å². The van der Waals surface area contributed by atoms with E-state index in [2.05, 4.69) is 10.5 Å². The van der Waals surface area contributed by atoms with E-state index < -0.39 is 9.84 Å². The molecule has 2 aliphatic rings. The van der Waals surface area contributed by atoms with Crippen LogP contribution in [0.15, 0.2) is 5.10 Å². The first-order valence-electron chi connectivity index (χ1n) is 4.64. The molecule has 0 amide bonds. The zero-order valence-corrected chi connectivity index (χ0v) is 8.31. The molecule has 5 heteroatoms. The first-order chi connectivity index (χ1) is 6.16. The number of hydrazone groups is 1. The summed E-state index contributed by atoms with van der Waals surface area (Å²) in [6, 6.07) is 0. The first kappa shape index (κ1) is 8.99. The molecule has 0 spiro atoms. The second-order valence-electron chi connectivity index (χ2n) is 3.83. The van der Waals surface area contributed by atoms with Gasteiger partial charge in [-0.1, -0.05) is 0 Å². The van der Waals surface area contributed by atoms with Gasteiger partial charge in [0.2, 0.25) is 0 Å². The molecule has 4 nitrogen and oxygen atoms in total. The van der Waals surface area contributed by atoms with E-state index in [1.165, 1.54) is 12.8 Å². The average molecular weight is 202 g/mol. The van der Waals surface area contributed by atoms with Gasteiger partial charge in [0.1, 0.15) is 0 Å². The third-order valence-electron chi connectivity index (χ3n) is 2.40. The van der Waals surface area contributed by atoms with Crippen molar-refractivity contribution < 1.29 is 8.42 Å². The van der Waals surface area contributed by atoms with E-state index in [1.54, 1.807) is 0 Å². The van der Waals surface area contributed by atoms with E-state index >= 15 is 0 Å². The molecule has 0 unspecified atom stereocenters. The molecule has 1 N–H and O–H groups in total. The predicted molar refractivity (Wildman–Crippen MR) is 51.4 cm³/mol. The van der Waals surface area contributed by atoms with Crippen LogP contribution in [-0.2, 0) is 9.84 Å². The molecule has 1 heterocycles. The van der Waals surface area contributed by atoms with Crippen molar-refractivity contribution in [3.8, 4) is 0 Å². The van der Waals surface area contributed by atoms with E-state index in [0.717, 1.165) is 18.2 Å². The van der Waals surface area contributed by atoms with E-state index in [-0.39, 0.29) is 11.5 Å². The van der Waals surface area contributed by atoms with E-state index in [0.29, 0.717) is 6.42 Å². The smallest absolute Gasteiger partial charge is 0.156 e. The number of nitrogens with one attached hydrogen (secondary N) is 1. The summed E-state index contributed by atoms with van der Waals surface area (Å²) in [5.41, 5.74) is 3.74. The molecule has 13 heavy (non-hydrogen) atoms. The highest BCUT2D eigenvalue weighted by Crippen LogP contribution is 2.27. The molecule has 0 atom stereocenters. The summed E-state index contributed by atoms with van der Waals surface area (Å²) in [5, 5.41) is 4.09. The van der Waals surface area contributed by atoms with Crippen molar-refractivity contribution in [3.05, 3.63) is 0 Å². The van der Waals surface area contributed by atoms with Crippen LogP contribution in [-0.4, -0.2) is 32.2 Å². The second-order valence-corrected chi connectivity index (χ2v) is 6.01. The Morgan fingerprint density at radius 3 is 2.77 bits per heavy atom. The van der Waals surface area contributed by atoms with E-state index in [1.807, 2.05) is 0 Å². The fourth-order valence-corrected chi connectivity index (χ4v) is 2.78. The maximum atomic E-state index is 11.0. The minimum atomic E-state index is -2.80. The Bertz CT molecular complexity index is 317. The van der Waals surface area contributed by atoms with Gasteiger partial charge < -0.3 is 5.43 Å². The molecule has 1 saturated carbocycles. The fraction of sp³-hybridized carbons (Fsp3) is 0.875. The Kier molecular flexibility index (Phi) is 2.27. The molecule has 1 aliphatic carbocycles. The Labute approximate surface area is 78.3 Å². The van der Waals surface area contributed by atoms with Crippen LogP contribution in [0.3, 0.4) is 0 Å². The molecule has 1 saturated heterocycles. The van der Waals surface area contributed by atoms with Gasteiger partial charge in [-0.3, -0.25) is 0 Å². The number of nitrogens with zero attached hydrogens (tertiary/aromatic N) is 1. The first-order valence-corrected chi connectivity index (χ1v) is 6.46. The largest absolute Gasteiger partial charge is 0.310 e. The van der Waals surface area contributed by atoms with Crippen molar-refractivity contribution in [1.82, 2.24) is 5.43 Å². The maximum Gasteiger partial charge on any atom is 0.156 e. The Balaban J connectivity index is 1.80. The third-order valence-corrected chi connectivity index (χ3v) is 4.00. The van der Waals surface area contributed by atoms with Gasteiger partial charge >= 0.3 is 0 Å². The van der Waals surface area contributed by atoms with Crippen molar-refractivity contribution in [2.24, 2.45) is 11.0 Å². The minimum Gasteiger partial charge on any atom is -0.310 e. The fourth-order valence-electron chi connectivity index (χ4n) is 1.37. The van der Waals surface area contributed by atoms with Gasteiger partial charge in [-0.05, 0) is 18.8 Å². The third kappa shape index (κ3) is 2.69. The van der Waals surface area contributed by atoms with Gasteiger partial charge in [0.15, 0.2) is 9.84 Å². The van der Waals surface area contributed by atoms with Gasteiger partial charge in [0, 0.05) is 13.0 Å². The average Bonchev–Trinajstić information content (AvgIpc) is 2.78. The number of hydrogen-bond donors (Lipinski definition) is 1. The normalized spacial score (nSPS) is 29.4. The number of sulfone groups is 1.